The molecule has 0 spiro atoms. The minimum atomic E-state index is -0.782. The standard InChI is InChI=1S/C27H28N2O7S/c1-16-23(26(31)36-13-12-32-2)24(18-8-6-7-9-19(18)33-3)29-25(30)22(37-27(29)28-16)15-17-10-11-20(34-4)21(14-17)35-5/h6-11,14-15,24H,12-13H2,1-5H3. The number of carbonyl (C=O) groups excluding carboxylic acids is 1. The summed E-state index contributed by atoms with van der Waals surface area (Å²) in [5.41, 5.74) is 1.86. The summed E-state index contributed by atoms with van der Waals surface area (Å²) in [5, 5.41) is 0. The number of nitrogens with zero attached hydrogens (tertiary/aromatic N) is 2. The molecular weight excluding hydrogens is 496 g/mol. The third kappa shape index (κ3) is 5.16. The van der Waals surface area contributed by atoms with Crippen LogP contribution < -0.4 is 29.1 Å². The van der Waals surface area contributed by atoms with Gasteiger partial charge in [0.1, 0.15) is 18.4 Å². The Hall–Kier alpha value is -3.89. The first kappa shape index (κ1) is 26.2. The molecule has 1 atom stereocenters. The monoisotopic (exact) mass is 524 g/mol. The summed E-state index contributed by atoms with van der Waals surface area (Å²) < 4.78 is 28.7. The first-order valence-electron chi connectivity index (χ1n) is 11.5. The maximum Gasteiger partial charge on any atom is 0.338 e. The normalized spacial score (nSPS) is 15.2. The zero-order valence-corrected chi connectivity index (χ0v) is 22.1. The van der Waals surface area contributed by atoms with Crippen LogP contribution in [0.1, 0.15) is 24.1 Å². The number of benzene rings is 2. The van der Waals surface area contributed by atoms with Gasteiger partial charge in [0, 0.05) is 12.7 Å². The molecular formula is C27H28N2O7S. The first-order chi connectivity index (χ1) is 17.9. The van der Waals surface area contributed by atoms with Crippen LogP contribution in [0.4, 0.5) is 0 Å². The van der Waals surface area contributed by atoms with E-state index in [2.05, 4.69) is 4.99 Å². The summed E-state index contributed by atoms with van der Waals surface area (Å²) in [7, 11) is 6.19. The Morgan fingerprint density at radius 1 is 1.00 bits per heavy atom. The number of hydrogen-bond donors (Lipinski definition) is 0. The molecule has 0 saturated carbocycles. The fourth-order valence-electron chi connectivity index (χ4n) is 4.16. The second-order valence-corrected chi connectivity index (χ2v) is 9.08. The summed E-state index contributed by atoms with van der Waals surface area (Å²) in [6.45, 7) is 2.07. The number of esters is 1. The molecule has 0 amide bonds. The number of carbonyl (C=O) groups is 1. The lowest BCUT2D eigenvalue weighted by Gasteiger charge is -2.26. The lowest BCUT2D eigenvalue weighted by atomic mass is 9.95. The van der Waals surface area contributed by atoms with Gasteiger partial charge in [0.05, 0.1) is 43.7 Å². The Kier molecular flexibility index (Phi) is 8.10. The Labute approximate surface area is 217 Å². The molecule has 1 aliphatic heterocycles. The molecule has 0 bridgehead atoms. The number of rotatable bonds is 9. The van der Waals surface area contributed by atoms with Crippen LogP contribution in [0.15, 0.2) is 63.5 Å². The second kappa shape index (κ2) is 11.4. The SMILES string of the molecule is COCCOC(=O)C1=C(C)N=c2sc(=Cc3ccc(OC)c(OC)c3)c(=O)n2C1c1ccccc1OC. The van der Waals surface area contributed by atoms with E-state index < -0.39 is 12.0 Å². The van der Waals surface area contributed by atoms with Gasteiger partial charge in [-0.05, 0) is 36.8 Å². The highest BCUT2D eigenvalue weighted by molar-refractivity contribution is 7.07. The van der Waals surface area contributed by atoms with E-state index in [-0.39, 0.29) is 24.3 Å². The van der Waals surface area contributed by atoms with Crippen molar-refractivity contribution in [2.45, 2.75) is 13.0 Å². The first-order valence-corrected chi connectivity index (χ1v) is 12.3. The van der Waals surface area contributed by atoms with Gasteiger partial charge in [-0.1, -0.05) is 35.6 Å². The van der Waals surface area contributed by atoms with Gasteiger partial charge in [-0.3, -0.25) is 9.36 Å². The quantitative estimate of drug-likeness (QED) is 0.313. The zero-order chi connectivity index (χ0) is 26.5. The summed E-state index contributed by atoms with van der Waals surface area (Å²) >= 11 is 1.24. The molecule has 1 unspecified atom stereocenters. The second-order valence-electron chi connectivity index (χ2n) is 8.07. The zero-order valence-electron chi connectivity index (χ0n) is 21.3. The van der Waals surface area contributed by atoms with Crippen molar-refractivity contribution in [1.82, 2.24) is 4.57 Å². The van der Waals surface area contributed by atoms with Gasteiger partial charge < -0.3 is 23.7 Å². The van der Waals surface area contributed by atoms with Crippen LogP contribution in [0, 0.1) is 0 Å². The lowest BCUT2D eigenvalue weighted by molar-refractivity contribution is -0.140. The van der Waals surface area contributed by atoms with Crippen LogP contribution >= 0.6 is 11.3 Å². The van der Waals surface area contributed by atoms with Crippen LogP contribution in [0.5, 0.6) is 17.2 Å². The van der Waals surface area contributed by atoms with Crippen LogP contribution in [0.2, 0.25) is 0 Å². The number of para-hydroxylation sites is 1. The highest BCUT2D eigenvalue weighted by Crippen LogP contribution is 2.35. The predicted molar refractivity (Wildman–Crippen MR) is 139 cm³/mol. The number of ether oxygens (including phenoxy) is 5. The molecule has 0 fully saturated rings. The molecule has 2 heterocycles. The number of allylic oxidation sites excluding steroid dienone is 1. The van der Waals surface area contributed by atoms with Crippen molar-refractivity contribution in [3.05, 3.63) is 84.5 Å². The third-order valence-corrected chi connectivity index (χ3v) is 6.88. The number of hydrogen-bond acceptors (Lipinski definition) is 9. The molecule has 10 heteroatoms. The predicted octanol–water partition coefficient (Wildman–Crippen LogP) is 2.45. The Bertz CT molecular complexity index is 1520. The molecule has 9 nitrogen and oxygen atoms in total. The Morgan fingerprint density at radius 2 is 1.73 bits per heavy atom. The largest absolute Gasteiger partial charge is 0.496 e. The summed E-state index contributed by atoms with van der Waals surface area (Å²) in [6.07, 6.45) is 1.76. The Morgan fingerprint density at radius 3 is 2.43 bits per heavy atom. The maximum absolute atomic E-state index is 13.8. The van der Waals surface area contributed by atoms with Gasteiger partial charge in [0.25, 0.3) is 5.56 Å². The lowest BCUT2D eigenvalue weighted by Crippen LogP contribution is -2.40. The molecule has 0 aliphatic carbocycles. The summed E-state index contributed by atoms with van der Waals surface area (Å²) in [4.78, 5) is 32.1. The van der Waals surface area contributed by atoms with Crippen LogP contribution in [0.25, 0.3) is 6.08 Å². The van der Waals surface area contributed by atoms with E-state index >= 15 is 0 Å². The van der Waals surface area contributed by atoms with Crippen LogP contribution in [-0.4, -0.2) is 52.2 Å². The van der Waals surface area contributed by atoms with Gasteiger partial charge in [0.2, 0.25) is 0 Å². The molecule has 0 radical (unpaired) electrons. The van der Waals surface area contributed by atoms with E-state index in [4.69, 9.17) is 23.7 Å². The molecule has 3 aromatic rings. The fraction of sp³-hybridized carbons (Fsp3) is 0.296. The molecule has 37 heavy (non-hydrogen) atoms. The summed E-state index contributed by atoms with van der Waals surface area (Å²) in [6, 6.07) is 11.9. The molecule has 1 aromatic heterocycles. The number of methoxy groups -OCH3 is 4. The van der Waals surface area contributed by atoms with Gasteiger partial charge in [-0.2, -0.15) is 0 Å². The minimum absolute atomic E-state index is 0.0779. The smallest absolute Gasteiger partial charge is 0.338 e. The van der Waals surface area contributed by atoms with Crippen molar-refractivity contribution in [2.24, 2.45) is 4.99 Å². The number of thiazole rings is 1. The molecule has 0 saturated heterocycles. The average Bonchev–Trinajstić information content (AvgIpc) is 3.21. The maximum atomic E-state index is 13.8. The average molecular weight is 525 g/mol. The van der Waals surface area contributed by atoms with Crippen molar-refractivity contribution < 1.29 is 28.5 Å². The van der Waals surface area contributed by atoms with E-state index in [0.29, 0.717) is 37.8 Å². The van der Waals surface area contributed by atoms with Crippen LogP contribution in [0.3, 0.4) is 0 Å². The number of fused-ring (bicyclic) bond motifs is 1. The fourth-order valence-corrected chi connectivity index (χ4v) is 5.21. The van der Waals surface area contributed by atoms with Gasteiger partial charge in [-0.25, -0.2) is 9.79 Å². The van der Waals surface area contributed by atoms with Crippen molar-refractivity contribution in [1.29, 1.82) is 0 Å². The van der Waals surface area contributed by atoms with Crippen molar-refractivity contribution >= 4 is 23.4 Å². The van der Waals surface area contributed by atoms with Gasteiger partial charge >= 0.3 is 5.97 Å². The third-order valence-electron chi connectivity index (χ3n) is 5.90. The highest BCUT2D eigenvalue weighted by Gasteiger charge is 2.35. The van der Waals surface area contributed by atoms with Crippen LogP contribution in [-0.2, 0) is 14.3 Å². The van der Waals surface area contributed by atoms with E-state index in [1.807, 2.05) is 24.3 Å². The summed E-state index contributed by atoms with van der Waals surface area (Å²) in [5.74, 6) is 1.11. The minimum Gasteiger partial charge on any atom is -0.496 e. The van der Waals surface area contributed by atoms with Crippen molar-refractivity contribution in [2.75, 3.05) is 41.7 Å². The number of aromatic nitrogens is 1. The van der Waals surface area contributed by atoms with Gasteiger partial charge in [-0.15, -0.1) is 0 Å². The Balaban J connectivity index is 1.91. The van der Waals surface area contributed by atoms with E-state index in [0.717, 1.165) is 5.56 Å². The van der Waals surface area contributed by atoms with E-state index in [9.17, 15) is 9.59 Å². The van der Waals surface area contributed by atoms with E-state index in [1.54, 1.807) is 52.5 Å². The van der Waals surface area contributed by atoms with E-state index in [1.165, 1.54) is 23.0 Å². The highest BCUT2D eigenvalue weighted by atomic mass is 32.1. The van der Waals surface area contributed by atoms with Crippen molar-refractivity contribution in [3.8, 4) is 17.2 Å². The molecule has 2 aromatic carbocycles. The molecule has 0 N–H and O–H groups in total. The molecule has 4 rings (SSSR count). The van der Waals surface area contributed by atoms with Crippen molar-refractivity contribution in [3.63, 3.8) is 0 Å². The molecule has 194 valence electrons. The topological polar surface area (TPSA) is 97.6 Å². The van der Waals surface area contributed by atoms with Gasteiger partial charge in [0.15, 0.2) is 16.3 Å². The molecule has 1 aliphatic rings.